The zero-order chi connectivity index (χ0) is 12.8. The molecule has 0 bridgehead atoms. The third-order valence-corrected chi connectivity index (χ3v) is 2.35. The van der Waals surface area contributed by atoms with Crippen LogP contribution in [0.4, 0.5) is 4.39 Å². The first-order valence-corrected chi connectivity index (χ1v) is 5.19. The van der Waals surface area contributed by atoms with Crippen molar-refractivity contribution in [2.24, 2.45) is 0 Å². The molecular formula is C12H14FNO3. The molecule has 0 atom stereocenters. The van der Waals surface area contributed by atoms with Gasteiger partial charge in [0.2, 0.25) is 5.91 Å². The fraction of sp³-hybridized carbons (Fsp3) is 0.333. The van der Waals surface area contributed by atoms with E-state index in [0.29, 0.717) is 13.0 Å². The highest BCUT2D eigenvalue weighted by atomic mass is 19.1. The van der Waals surface area contributed by atoms with Crippen LogP contribution in [-0.2, 0) is 16.0 Å². The molecule has 5 heteroatoms. The summed E-state index contributed by atoms with van der Waals surface area (Å²) in [4.78, 5) is 23.0. The number of halogens is 1. The van der Waals surface area contributed by atoms with Gasteiger partial charge in [0.25, 0.3) is 0 Å². The minimum atomic E-state index is -1.15. The van der Waals surface area contributed by atoms with Crippen molar-refractivity contribution in [2.75, 3.05) is 13.6 Å². The van der Waals surface area contributed by atoms with Crippen LogP contribution in [-0.4, -0.2) is 35.5 Å². The molecular weight excluding hydrogens is 225 g/mol. The third kappa shape index (κ3) is 4.63. The minimum Gasteiger partial charge on any atom is -0.481 e. The minimum absolute atomic E-state index is 0.318. The summed E-state index contributed by atoms with van der Waals surface area (Å²) >= 11 is 0. The van der Waals surface area contributed by atoms with Gasteiger partial charge in [0.1, 0.15) is 12.2 Å². The Morgan fingerprint density at radius 3 is 2.71 bits per heavy atom. The van der Waals surface area contributed by atoms with Gasteiger partial charge in [-0.15, -0.1) is 0 Å². The van der Waals surface area contributed by atoms with E-state index in [1.54, 1.807) is 12.1 Å². The van der Waals surface area contributed by atoms with Gasteiger partial charge in [-0.3, -0.25) is 9.59 Å². The number of likely N-dealkylation sites (N-methyl/N-ethyl adjacent to an activating group) is 1. The number of amides is 1. The molecule has 0 spiro atoms. The zero-order valence-electron chi connectivity index (χ0n) is 9.52. The van der Waals surface area contributed by atoms with Gasteiger partial charge >= 0.3 is 5.97 Å². The molecule has 1 amide bonds. The van der Waals surface area contributed by atoms with Crippen molar-refractivity contribution >= 4 is 11.9 Å². The molecule has 0 aliphatic rings. The summed E-state index contributed by atoms with van der Waals surface area (Å²) in [6.45, 7) is 0.371. The van der Waals surface area contributed by atoms with Gasteiger partial charge < -0.3 is 10.0 Å². The molecule has 1 N–H and O–H groups in total. The molecule has 0 radical (unpaired) electrons. The van der Waals surface area contributed by atoms with Crippen molar-refractivity contribution < 1.29 is 19.1 Å². The van der Waals surface area contributed by atoms with Gasteiger partial charge in [0, 0.05) is 13.6 Å². The van der Waals surface area contributed by atoms with Crippen LogP contribution in [0.3, 0.4) is 0 Å². The van der Waals surface area contributed by atoms with E-state index in [9.17, 15) is 14.0 Å². The Kier molecular flexibility index (Phi) is 4.63. The predicted octanol–water partition coefficient (Wildman–Crippen LogP) is 1.30. The Bertz CT molecular complexity index is 420. The van der Waals surface area contributed by atoms with E-state index in [2.05, 4.69) is 0 Å². The lowest BCUT2D eigenvalue weighted by Crippen LogP contribution is -2.30. The summed E-state index contributed by atoms with van der Waals surface area (Å²) in [6, 6.07) is 6.11. The Morgan fingerprint density at radius 1 is 1.41 bits per heavy atom. The van der Waals surface area contributed by atoms with E-state index >= 15 is 0 Å². The van der Waals surface area contributed by atoms with Crippen LogP contribution in [0.25, 0.3) is 0 Å². The van der Waals surface area contributed by atoms with Gasteiger partial charge in [-0.2, -0.15) is 0 Å². The molecule has 0 aliphatic carbocycles. The standard InChI is InChI=1S/C12H14FNO3/c1-14(11(15)8-12(16)17)6-5-9-3-2-4-10(13)7-9/h2-4,7H,5-6,8H2,1H3,(H,16,17). The lowest BCUT2D eigenvalue weighted by Gasteiger charge is -2.15. The monoisotopic (exact) mass is 239 g/mol. The van der Waals surface area contributed by atoms with Crippen LogP contribution in [0.15, 0.2) is 24.3 Å². The summed E-state index contributed by atoms with van der Waals surface area (Å²) in [7, 11) is 1.53. The maximum atomic E-state index is 12.9. The third-order valence-electron chi connectivity index (χ3n) is 2.35. The average molecular weight is 239 g/mol. The Morgan fingerprint density at radius 2 is 2.12 bits per heavy atom. The number of aliphatic carboxylic acids is 1. The Labute approximate surface area is 98.7 Å². The second-order valence-electron chi connectivity index (χ2n) is 3.77. The van der Waals surface area contributed by atoms with E-state index in [4.69, 9.17) is 5.11 Å². The number of carboxylic acids is 1. The van der Waals surface area contributed by atoms with Gasteiger partial charge in [0.15, 0.2) is 0 Å². The lowest BCUT2D eigenvalue weighted by atomic mass is 10.1. The molecule has 4 nitrogen and oxygen atoms in total. The molecule has 0 aliphatic heterocycles. The fourth-order valence-corrected chi connectivity index (χ4v) is 1.38. The van der Waals surface area contributed by atoms with E-state index < -0.39 is 18.3 Å². The normalized spacial score (nSPS) is 10.0. The van der Waals surface area contributed by atoms with E-state index in [1.807, 2.05) is 0 Å². The van der Waals surface area contributed by atoms with Crippen LogP contribution < -0.4 is 0 Å². The van der Waals surface area contributed by atoms with Crippen molar-refractivity contribution in [3.8, 4) is 0 Å². The first-order chi connectivity index (χ1) is 7.99. The smallest absolute Gasteiger partial charge is 0.312 e. The van der Waals surface area contributed by atoms with Crippen LogP contribution in [0.5, 0.6) is 0 Å². The molecule has 1 rings (SSSR count). The number of benzene rings is 1. The number of rotatable bonds is 5. The van der Waals surface area contributed by atoms with Crippen molar-refractivity contribution in [1.82, 2.24) is 4.90 Å². The van der Waals surface area contributed by atoms with Crippen LogP contribution in [0, 0.1) is 5.82 Å². The average Bonchev–Trinajstić information content (AvgIpc) is 2.25. The number of hydrogen-bond acceptors (Lipinski definition) is 2. The fourth-order valence-electron chi connectivity index (χ4n) is 1.38. The summed E-state index contributed by atoms with van der Waals surface area (Å²) in [6.07, 6.45) is -0.0146. The Balaban J connectivity index is 2.45. The summed E-state index contributed by atoms with van der Waals surface area (Å²) in [5.74, 6) is -1.91. The zero-order valence-corrected chi connectivity index (χ0v) is 9.52. The summed E-state index contributed by atoms with van der Waals surface area (Å²) in [5, 5.41) is 8.46. The second kappa shape index (κ2) is 5.98. The topological polar surface area (TPSA) is 57.6 Å². The number of carboxylic acid groups (broad SMARTS) is 1. The molecule has 0 unspecified atom stereocenters. The SMILES string of the molecule is CN(CCc1cccc(F)c1)C(=O)CC(=O)O. The lowest BCUT2D eigenvalue weighted by molar-refractivity contribution is -0.143. The second-order valence-corrected chi connectivity index (χ2v) is 3.77. The van der Waals surface area contributed by atoms with Crippen molar-refractivity contribution in [1.29, 1.82) is 0 Å². The number of carbonyl (C=O) groups is 2. The van der Waals surface area contributed by atoms with E-state index in [0.717, 1.165) is 5.56 Å². The largest absolute Gasteiger partial charge is 0.481 e. The molecule has 0 aromatic heterocycles. The van der Waals surface area contributed by atoms with Crippen molar-refractivity contribution in [2.45, 2.75) is 12.8 Å². The highest BCUT2D eigenvalue weighted by molar-refractivity contribution is 5.93. The summed E-state index contributed by atoms with van der Waals surface area (Å²) in [5.41, 5.74) is 0.778. The number of nitrogens with zero attached hydrogens (tertiary/aromatic N) is 1. The van der Waals surface area contributed by atoms with Gasteiger partial charge in [0.05, 0.1) is 0 Å². The van der Waals surface area contributed by atoms with E-state index in [-0.39, 0.29) is 5.82 Å². The van der Waals surface area contributed by atoms with Crippen LogP contribution in [0.1, 0.15) is 12.0 Å². The van der Waals surface area contributed by atoms with Gasteiger partial charge in [-0.25, -0.2) is 4.39 Å². The van der Waals surface area contributed by atoms with Crippen molar-refractivity contribution in [3.63, 3.8) is 0 Å². The molecule has 92 valence electrons. The maximum absolute atomic E-state index is 12.9. The van der Waals surface area contributed by atoms with Crippen LogP contribution in [0.2, 0.25) is 0 Å². The van der Waals surface area contributed by atoms with Crippen LogP contribution >= 0.6 is 0 Å². The van der Waals surface area contributed by atoms with Crippen molar-refractivity contribution in [3.05, 3.63) is 35.6 Å². The highest BCUT2D eigenvalue weighted by Crippen LogP contribution is 2.05. The highest BCUT2D eigenvalue weighted by Gasteiger charge is 2.12. The number of hydrogen-bond donors (Lipinski definition) is 1. The molecule has 17 heavy (non-hydrogen) atoms. The Hall–Kier alpha value is -1.91. The first kappa shape index (κ1) is 13.2. The quantitative estimate of drug-likeness (QED) is 0.788. The molecule has 1 aromatic carbocycles. The maximum Gasteiger partial charge on any atom is 0.312 e. The summed E-state index contributed by atoms with van der Waals surface area (Å²) < 4.78 is 12.9. The molecule has 0 fully saturated rings. The molecule has 1 aromatic rings. The molecule has 0 saturated carbocycles. The van der Waals surface area contributed by atoms with Gasteiger partial charge in [-0.1, -0.05) is 12.1 Å². The molecule has 0 saturated heterocycles. The van der Waals surface area contributed by atoms with E-state index in [1.165, 1.54) is 24.1 Å². The van der Waals surface area contributed by atoms with Gasteiger partial charge in [-0.05, 0) is 24.1 Å². The molecule has 0 heterocycles. The first-order valence-electron chi connectivity index (χ1n) is 5.19. The number of carbonyl (C=O) groups excluding carboxylic acids is 1. The predicted molar refractivity (Wildman–Crippen MR) is 60.0 cm³/mol.